The summed E-state index contributed by atoms with van der Waals surface area (Å²) in [6.45, 7) is 6.64. The molecular weight excluding hydrogens is 334 g/mol. The number of allylic oxidation sites excluding steroid dienone is 2. The van der Waals surface area contributed by atoms with Gasteiger partial charge in [-0.3, -0.25) is 4.79 Å². The maximum absolute atomic E-state index is 12.5. The molecule has 0 aliphatic heterocycles. The van der Waals surface area contributed by atoms with Crippen molar-refractivity contribution < 1.29 is 14.7 Å². The maximum Gasteiger partial charge on any atom is 0.168 e. The van der Waals surface area contributed by atoms with E-state index in [1.165, 1.54) is 0 Å². The number of thioether (sulfide) groups is 1. The zero-order valence-electron chi connectivity index (χ0n) is 14.3. The summed E-state index contributed by atoms with van der Waals surface area (Å²) in [4.78, 5) is 17.7. The molecule has 0 bridgehead atoms. The second-order valence-corrected chi connectivity index (χ2v) is 7.88. The molecule has 0 fully saturated rings. The number of oxime groups is 1. The molecule has 0 aromatic rings. The smallest absolute Gasteiger partial charge is 0.168 e. The van der Waals surface area contributed by atoms with Crippen LogP contribution in [0.4, 0.5) is 0 Å². The van der Waals surface area contributed by atoms with Crippen LogP contribution in [0.25, 0.3) is 0 Å². The summed E-state index contributed by atoms with van der Waals surface area (Å²) in [6.07, 6.45) is 3.24. The average Bonchev–Trinajstić information content (AvgIpc) is 2.49. The van der Waals surface area contributed by atoms with Gasteiger partial charge in [0.1, 0.15) is 12.4 Å². The fourth-order valence-corrected chi connectivity index (χ4v) is 3.91. The van der Waals surface area contributed by atoms with E-state index in [1.54, 1.807) is 0 Å². The molecule has 0 amide bonds. The molecule has 2 atom stereocenters. The summed E-state index contributed by atoms with van der Waals surface area (Å²) in [6, 6.07) is 0. The van der Waals surface area contributed by atoms with E-state index in [2.05, 4.69) is 19.0 Å². The van der Waals surface area contributed by atoms with E-state index in [0.29, 0.717) is 54.7 Å². The van der Waals surface area contributed by atoms with Gasteiger partial charge in [0.25, 0.3) is 0 Å². The number of alkyl halides is 1. The average molecular weight is 362 g/mol. The molecule has 0 heterocycles. The number of Topliss-reactive ketones (excluding diaryl/α,β-unsaturated/α-hetero) is 1. The number of hydrogen-bond donors (Lipinski definition) is 1. The summed E-state index contributed by atoms with van der Waals surface area (Å²) < 4.78 is 0. The number of hydrogen-bond acceptors (Lipinski definition) is 5. The molecule has 6 heteroatoms. The van der Waals surface area contributed by atoms with Crippen LogP contribution in [0.15, 0.2) is 16.5 Å². The molecule has 0 saturated heterocycles. The van der Waals surface area contributed by atoms with Crippen LogP contribution < -0.4 is 0 Å². The fraction of sp³-hybridized carbons (Fsp3) is 0.765. The minimum Gasteiger partial charge on any atom is -0.511 e. The maximum atomic E-state index is 12.5. The summed E-state index contributed by atoms with van der Waals surface area (Å²) >= 11 is 7.48. The number of rotatable bonds is 10. The Morgan fingerprint density at radius 1 is 1.48 bits per heavy atom. The standard InChI is InChI=1S/C17H28ClNO3S/c1-4-14(19-22-8-6-7-18)17-15(20)10-13(11-16(17)21)9-12(3)23-5-2/h12-13,20H,4-11H2,1-3H3. The molecule has 1 aliphatic carbocycles. The number of aliphatic hydroxyl groups is 1. The molecular formula is C17H28ClNO3S. The molecule has 0 aromatic heterocycles. The van der Waals surface area contributed by atoms with Gasteiger partial charge in [0, 0.05) is 24.0 Å². The van der Waals surface area contributed by atoms with Gasteiger partial charge in [-0.25, -0.2) is 0 Å². The van der Waals surface area contributed by atoms with Crippen LogP contribution in [0.1, 0.15) is 52.9 Å². The van der Waals surface area contributed by atoms with Crippen molar-refractivity contribution >= 4 is 34.9 Å². The van der Waals surface area contributed by atoms with Crippen LogP contribution in [0, 0.1) is 5.92 Å². The van der Waals surface area contributed by atoms with Crippen LogP contribution in [0.5, 0.6) is 0 Å². The lowest BCUT2D eigenvalue weighted by Gasteiger charge is -2.25. The zero-order valence-corrected chi connectivity index (χ0v) is 15.9. The second kappa shape index (κ2) is 11.0. The van der Waals surface area contributed by atoms with Gasteiger partial charge < -0.3 is 9.94 Å². The Hall–Kier alpha value is -0.680. The first kappa shape index (κ1) is 20.4. The van der Waals surface area contributed by atoms with Crippen molar-refractivity contribution in [3.8, 4) is 0 Å². The van der Waals surface area contributed by atoms with Gasteiger partial charge in [-0.1, -0.05) is 25.9 Å². The van der Waals surface area contributed by atoms with Gasteiger partial charge in [-0.05, 0) is 30.9 Å². The zero-order chi connectivity index (χ0) is 17.2. The monoisotopic (exact) mass is 361 g/mol. The Bertz CT molecular complexity index is 451. The Labute approximate surface area is 148 Å². The van der Waals surface area contributed by atoms with Gasteiger partial charge in [0.2, 0.25) is 0 Å². The molecule has 0 aromatic carbocycles. The quantitative estimate of drug-likeness (QED) is 0.265. The lowest BCUT2D eigenvalue weighted by atomic mass is 9.82. The van der Waals surface area contributed by atoms with Gasteiger partial charge in [0.15, 0.2) is 5.78 Å². The van der Waals surface area contributed by atoms with E-state index in [1.807, 2.05) is 18.7 Å². The van der Waals surface area contributed by atoms with E-state index < -0.39 is 0 Å². The summed E-state index contributed by atoms with van der Waals surface area (Å²) in [5, 5.41) is 14.9. The number of carbonyl (C=O) groups is 1. The molecule has 1 N–H and O–H groups in total. The largest absolute Gasteiger partial charge is 0.511 e. The van der Waals surface area contributed by atoms with Gasteiger partial charge in [-0.15, -0.1) is 11.6 Å². The minimum absolute atomic E-state index is 0.0195. The van der Waals surface area contributed by atoms with Crippen LogP contribution in [0.3, 0.4) is 0 Å². The molecule has 0 spiro atoms. The van der Waals surface area contributed by atoms with E-state index in [9.17, 15) is 9.90 Å². The first-order valence-corrected chi connectivity index (χ1v) is 9.93. The lowest BCUT2D eigenvalue weighted by molar-refractivity contribution is -0.116. The predicted octanol–water partition coefficient (Wildman–Crippen LogP) is 4.72. The summed E-state index contributed by atoms with van der Waals surface area (Å²) in [7, 11) is 0. The number of ketones is 1. The molecule has 1 rings (SSSR count). The van der Waals surface area contributed by atoms with Crippen molar-refractivity contribution in [2.45, 2.75) is 58.1 Å². The fourth-order valence-electron chi connectivity index (χ4n) is 2.82. The molecule has 1 aliphatic rings. The third-order valence-electron chi connectivity index (χ3n) is 3.81. The van der Waals surface area contributed by atoms with Crippen molar-refractivity contribution in [2.24, 2.45) is 11.1 Å². The third-order valence-corrected chi connectivity index (χ3v) is 5.17. The second-order valence-electron chi connectivity index (χ2n) is 5.79. The number of aliphatic hydroxyl groups excluding tert-OH is 1. The number of nitrogens with zero attached hydrogens (tertiary/aromatic N) is 1. The predicted molar refractivity (Wildman–Crippen MR) is 98.6 cm³/mol. The van der Waals surface area contributed by atoms with Gasteiger partial charge in [-0.2, -0.15) is 11.8 Å². The first-order valence-electron chi connectivity index (χ1n) is 8.35. The Kier molecular flexibility index (Phi) is 9.72. The molecule has 132 valence electrons. The van der Waals surface area contributed by atoms with E-state index in [0.717, 1.165) is 12.2 Å². The SMILES string of the molecule is CCSC(C)CC1CC(=O)C(C(CC)=NOCCCCl)=C(O)C1. The highest BCUT2D eigenvalue weighted by Gasteiger charge is 2.31. The van der Waals surface area contributed by atoms with E-state index in [-0.39, 0.29) is 17.5 Å². The third kappa shape index (κ3) is 6.76. The number of halogens is 1. The molecule has 4 nitrogen and oxygen atoms in total. The minimum atomic E-state index is -0.0195. The van der Waals surface area contributed by atoms with E-state index >= 15 is 0 Å². The van der Waals surface area contributed by atoms with Crippen LogP contribution in [0.2, 0.25) is 0 Å². The normalized spacial score (nSPS) is 20.8. The Morgan fingerprint density at radius 3 is 2.78 bits per heavy atom. The first-order chi connectivity index (χ1) is 11.0. The van der Waals surface area contributed by atoms with Crippen LogP contribution in [-0.2, 0) is 9.63 Å². The highest BCUT2D eigenvalue weighted by Crippen LogP contribution is 2.32. The summed E-state index contributed by atoms with van der Waals surface area (Å²) in [5.41, 5.74) is 0.905. The highest BCUT2D eigenvalue weighted by molar-refractivity contribution is 7.99. The Morgan fingerprint density at radius 2 is 2.22 bits per heavy atom. The Balaban J connectivity index is 2.75. The van der Waals surface area contributed by atoms with Crippen LogP contribution >= 0.6 is 23.4 Å². The number of carbonyl (C=O) groups excluding carboxylic acids is 1. The van der Waals surface area contributed by atoms with E-state index in [4.69, 9.17) is 16.4 Å². The molecule has 2 unspecified atom stereocenters. The summed E-state index contributed by atoms with van der Waals surface area (Å²) in [5.74, 6) is 1.95. The lowest BCUT2D eigenvalue weighted by Crippen LogP contribution is -2.26. The van der Waals surface area contributed by atoms with Crippen molar-refractivity contribution in [1.82, 2.24) is 0 Å². The molecule has 23 heavy (non-hydrogen) atoms. The van der Waals surface area contributed by atoms with Crippen LogP contribution in [-0.4, -0.2) is 40.1 Å². The van der Waals surface area contributed by atoms with Crippen molar-refractivity contribution in [2.75, 3.05) is 18.2 Å². The van der Waals surface area contributed by atoms with Gasteiger partial charge >= 0.3 is 0 Å². The molecule has 0 saturated carbocycles. The highest BCUT2D eigenvalue weighted by atomic mass is 35.5. The van der Waals surface area contributed by atoms with Crippen molar-refractivity contribution in [3.63, 3.8) is 0 Å². The molecule has 0 radical (unpaired) electrons. The topological polar surface area (TPSA) is 58.9 Å². The van der Waals surface area contributed by atoms with Crippen molar-refractivity contribution in [3.05, 3.63) is 11.3 Å². The van der Waals surface area contributed by atoms with Gasteiger partial charge in [0.05, 0.1) is 11.3 Å². The van der Waals surface area contributed by atoms with Crippen molar-refractivity contribution in [1.29, 1.82) is 0 Å².